The van der Waals surface area contributed by atoms with Crippen molar-refractivity contribution in [3.05, 3.63) is 21.9 Å². The quantitative estimate of drug-likeness (QED) is 0.482. The van der Waals surface area contributed by atoms with Gasteiger partial charge in [0.25, 0.3) is 4.74 Å². The van der Waals surface area contributed by atoms with Gasteiger partial charge in [-0.1, -0.05) is 0 Å². The van der Waals surface area contributed by atoms with Gasteiger partial charge in [0.1, 0.15) is 6.26 Å². The van der Waals surface area contributed by atoms with E-state index in [2.05, 4.69) is 3.85 Å². The van der Waals surface area contributed by atoms with Crippen LogP contribution in [-0.2, 0) is 0 Å². The molecule has 0 bridgehead atoms. The molecule has 0 fully saturated rings. The first-order chi connectivity index (χ1) is 2.89. The van der Waals surface area contributed by atoms with Crippen molar-refractivity contribution in [3.8, 4) is 0 Å². The number of rotatable bonds is 0. The average molecular weight is 102 g/mol. The molecule has 2 nitrogen and oxygen atoms in total. The highest BCUT2D eigenvalue weighted by atomic mass is 32.1. The maximum atomic E-state index is 9.99. The Morgan fingerprint density at radius 3 is 2.83 bits per heavy atom. The second-order valence-electron chi connectivity index (χ2n) is 0.801. The molecule has 0 amide bonds. The molecular formula is C3H2O2S. The molecule has 1 aromatic heterocycles. The van der Waals surface area contributed by atoms with Crippen LogP contribution in [0.3, 0.4) is 0 Å². The summed E-state index contributed by atoms with van der Waals surface area (Å²) in [6.07, 6.45) is 1.37. The molecule has 0 radical (unpaired) electrons. The van der Waals surface area contributed by atoms with Crippen LogP contribution >= 0.6 is 11.6 Å². The van der Waals surface area contributed by atoms with Crippen LogP contribution in [0.5, 0.6) is 0 Å². The van der Waals surface area contributed by atoms with Gasteiger partial charge in [-0.3, -0.25) is 4.79 Å². The van der Waals surface area contributed by atoms with Gasteiger partial charge in [-0.25, -0.2) is 0 Å². The SMILES string of the molecule is O=c1ccos1. The lowest BCUT2D eigenvalue weighted by Crippen LogP contribution is -1.78. The molecule has 0 spiro atoms. The minimum atomic E-state index is -0.0324. The van der Waals surface area contributed by atoms with Crippen LogP contribution in [0.15, 0.2) is 21.0 Å². The molecule has 1 rings (SSSR count). The van der Waals surface area contributed by atoms with E-state index in [0.29, 0.717) is 0 Å². The van der Waals surface area contributed by atoms with Gasteiger partial charge in [0, 0.05) is 6.07 Å². The molecule has 0 aliphatic carbocycles. The van der Waals surface area contributed by atoms with Gasteiger partial charge in [-0.05, 0) is 0 Å². The van der Waals surface area contributed by atoms with Crippen molar-refractivity contribution in [2.75, 3.05) is 0 Å². The van der Waals surface area contributed by atoms with Gasteiger partial charge in [0.05, 0.1) is 11.6 Å². The van der Waals surface area contributed by atoms with Crippen molar-refractivity contribution in [1.29, 1.82) is 0 Å². The Labute approximate surface area is 38.3 Å². The van der Waals surface area contributed by atoms with Gasteiger partial charge in [0.15, 0.2) is 0 Å². The summed E-state index contributed by atoms with van der Waals surface area (Å²) in [5.41, 5.74) is 0. The monoisotopic (exact) mass is 102 g/mol. The first-order valence-corrected chi connectivity index (χ1v) is 2.17. The lowest BCUT2D eigenvalue weighted by molar-refractivity contribution is 0.692. The van der Waals surface area contributed by atoms with Crippen LogP contribution in [0, 0.1) is 0 Å². The summed E-state index contributed by atoms with van der Waals surface area (Å²) in [7, 11) is 0. The van der Waals surface area contributed by atoms with Crippen LogP contribution in [0.4, 0.5) is 0 Å². The maximum Gasteiger partial charge on any atom is 0.269 e. The Balaban J connectivity index is 3.41. The molecule has 0 N–H and O–H groups in total. The normalized spacial score (nSPS) is 8.67. The van der Waals surface area contributed by atoms with Crippen molar-refractivity contribution in [1.82, 2.24) is 0 Å². The van der Waals surface area contributed by atoms with E-state index < -0.39 is 0 Å². The number of hydrogen-bond acceptors (Lipinski definition) is 3. The van der Waals surface area contributed by atoms with Crippen LogP contribution in [0.25, 0.3) is 0 Å². The van der Waals surface area contributed by atoms with E-state index in [1.807, 2.05) is 0 Å². The molecule has 0 aliphatic rings. The first-order valence-electron chi connectivity index (χ1n) is 1.43. The zero-order chi connectivity index (χ0) is 4.41. The molecule has 3 heteroatoms. The fraction of sp³-hybridized carbons (Fsp3) is 0. The molecule has 32 valence electrons. The second-order valence-corrected chi connectivity index (χ2v) is 1.56. The highest BCUT2D eigenvalue weighted by molar-refractivity contribution is 7.00. The summed E-state index contributed by atoms with van der Waals surface area (Å²) in [4.78, 5) is 9.99. The third-order valence-electron chi connectivity index (χ3n) is 0.390. The fourth-order valence-corrected chi connectivity index (χ4v) is 0.503. The molecule has 1 aromatic rings. The van der Waals surface area contributed by atoms with Crippen molar-refractivity contribution in [2.24, 2.45) is 0 Å². The topological polar surface area (TPSA) is 30.2 Å². The predicted octanol–water partition coefficient (Wildman–Crippen LogP) is 0.701. The van der Waals surface area contributed by atoms with Crippen LogP contribution in [0.2, 0.25) is 0 Å². The smallest absolute Gasteiger partial charge is 0.269 e. The predicted molar refractivity (Wildman–Crippen MR) is 22.9 cm³/mol. The zero-order valence-corrected chi connectivity index (χ0v) is 3.70. The molecule has 1 heterocycles. The van der Waals surface area contributed by atoms with Gasteiger partial charge < -0.3 is 3.85 Å². The second kappa shape index (κ2) is 1.26. The lowest BCUT2D eigenvalue weighted by atomic mass is 10.8. The molecule has 6 heavy (non-hydrogen) atoms. The zero-order valence-electron chi connectivity index (χ0n) is 2.88. The fourth-order valence-electron chi connectivity index (χ4n) is 0.186. The van der Waals surface area contributed by atoms with Gasteiger partial charge >= 0.3 is 0 Å². The third-order valence-corrected chi connectivity index (χ3v) is 0.898. The maximum absolute atomic E-state index is 9.99. The Morgan fingerprint density at radius 2 is 2.67 bits per heavy atom. The summed E-state index contributed by atoms with van der Waals surface area (Å²) in [5.74, 6) is 0. The van der Waals surface area contributed by atoms with E-state index in [-0.39, 0.29) is 4.74 Å². The van der Waals surface area contributed by atoms with E-state index in [0.717, 1.165) is 11.6 Å². The minimum absolute atomic E-state index is 0.0324. The van der Waals surface area contributed by atoms with Crippen molar-refractivity contribution in [3.63, 3.8) is 0 Å². The highest BCUT2D eigenvalue weighted by Gasteiger charge is 1.76. The van der Waals surface area contributed by atoms with Gasteiger partial charge in [-0.2, -0.15) is 0 Å². The van der Waals surface area contributed by atoms with Gasteiger partial charge in [0.2, 0.25) is 0 Å². The van der Waals surface area contributed by atoms with E-state index in [1.54, 1.807) is 0 Å². The molecule has 0 aromatic carbocycles. The molecule has 0 saturated carbocycles. The number of hydrogen-bond donors (Lipinski definition) is 0. The van der Waals surface area contributed by atoms with Gasteiger partial charge in [-0.15, -0.1) is 0 Å². The Bertz CT molecular complexity index is 147. The summed E-state index contributed by atoms with van der Waals surface area (Å²) < 4.78 is 4.41. The van der Waals surface area contributed by atoms with Crippen molar-refractivity contribution >= 4 is 11.6 Å². The van der Waals surface area contributed by atoms with Crippen LogP contribution < -0.4 is 4.74 Å². The van der Waals surface area contributed by atoms with E-state index in [4.69, 9.17) is 0 Å². The molecule has 0 aliphatic heterocycles. The molecule has 0 atom stereocenters. The summed E-state index contributed by atoms with van der Waals surface area (Å²) >= 11 is 0.847. The first kappa shape index (κ1) is 3.61. The summed E-state index contributed by atoms with van der Waals surface area (Å²) in [6.45, 7) is 0. The Kier molecular flexibility index (Phi) is 0.759. The van der Waals surface area contributed by atoms with E-state index in [1.165, 1.54) is 12.3 Å². The highest BCUT2D eigenvalue weighted by Crippen LogP contribution is 1.81. The van der Waals surface area contributed by atoms with E-state index >= 15 is 0 Å². The van der Waals surface area contributed by atoms with Crippen LogP contribution in [-0.4, -0.2) is 0 Å². The molecular weight excluding hydrogens is 100 g/mol. The third kappa shape index (κ3) is 0.490. The Morgan fingerprint density at radius 1 is 1.83 bits per heavy atom. The van der Waals surface area contributed by atoms with Crippen molar-refractivity contribution in [2.45, 2.75) is 0 Å². The molecule has 0 unspecified atom stereocenters. The summed E-state index contributed by atoms with van der Waals surface area (Å²) in [6, 6.07) is 1.38. The summed E-state index contributed by atoms with van der Waals surface area (Å²) in [5, 5.41) is 0. The lowest BCUT2D eigenvalue weighted by Gasteiger charge is -1.47. The van der Waals surface area contributed by atoms with Crippen molar-refractivity contribution < 1.29 is 3.85 Å². The molecule has 0 saturated heterocycles. The van der Waals surface area contributed by atoms with Crippen LogP contribution in [0.1, 0.15) is 0 Å². The standard InChI is InChI=1S/C3H2O2S/c4-3-1-2-5-6-3/h1-2H. The Hall–Kier alpha value is -0.570. The average Bonchev–Trinajstić information content (AvgIpc) is 1.86. The largest absolute Gasteiger partial charge is 0.406 e. The van der Waals surface area contributed by atoms with E-state index in [9.17, 15) is 4.79 Å². The minimum Gasteiger partial charge on any atom is -0.406 e.